The van der Waals surface area contributed by atoms with Crippen LogP contribution in [0.2, 0.25) is 0 Å². The highest BCUT2D eigenvalue weighted by molar-refractivity contribution is 5.22. The topological polar surface area (TPSA) is 77.0 Å². The summed E-state index contributed by atoms with van der Waals surface area (Å²) in [6, 6.07) is 1.58. The summed E-state index contributed by atoms with van der Waals surface area (Å²) >= 11 is 0. The number of aliphatic hydroxyl groups is 1. The fourth-order valence-corrected chi connectivity index (χ4v) is 1.71. The Morgan fingerprint density at radius 2 is 2.24 bits per heavy atom. The van der Waals surface area contributed by atoms with E-state index in [1.165, 1.54) is 5.56 Å². The van der Waals surface area contributed by atoms with Crippen LogP contribution in [0.1, 0.15) is 22.9 Å². The van der Waals surface area contributed by atoms with Gasteiger partial charge in [0.05, 0.1) is 31.2 Å². The van der Waals surface area contributed by atoms with Crippen molar-refractivity contribution in [2.24, 2.45) is 5.73 Å². The van der Waals surface area contributed by atoms with Crippen LogP contribution in [-0.4, -0.2) is 26.2 Å². The van der Waals surface area contributed by atoms with E-state index in [9.17, 15) is 0 Å². The van der Waals surface area contributed by atoms with Crippen molar-refractivity contribution in [3.05, 3.63) is 47.8 Å². The largest absolute Gasteiger partial charge is 0.394 e. The minimum absolute atomic E-state index is 0.0856. The zero-order valence-electron chi connectivity index (χ0n) is 9.74. The summed E-state index contributed by atoms with van der Waals surface area (Å²) in [6.07, 6.45) is 7.01. The van der Waals surface area contributed by atoms with Crippen molar-refractivity contribution in [3.63, 3.8) is 0 Å². The minimum Gasteiger partial charge on any atom is -0.394 e. The molecule has 2 aromatic rings. The molecule has 5 nitrogen and oxygen atoms in total. The molecule has 0 fully saturated rings. The Morgan fingerprint density at radius 3 is 2.94 bits per heavy atom. The summed E-state index contributed by atoms with van der Waals surface area (Å²) in [7, 11) is 0. The molecule has 1 unspecified atom stereocenters. The average Bonchev–Trinajstić information content (AvgIpc) is 2.79. The van der Waals surface area contributed by atoms with Gasteiger partial charge in [-0.3, -0.25) is 4.98 Å². The third-order valence-electron chi connectivity index (χ3n) is 2.81. The molecule has 0 aromatic carbocycles. The van der Waals surface area contributed by atoms with Crippen LogP contribution in [0.4, 0.5) is 0 Å². The van der Waals surface area contributed by atoms with E-state index in [1.54, 1.807) is 18.7 Å². The standard InChI is InChI=1S/C12H16N4O/c1-9-2-3-14-4-10(9)6-16-8-15-5-12(16)11(13)7-17/h2-5,8,11,17H,6-7,13H2,1H3. The second kappa shape index (κ2) is 5.07. The van der Waals surface area contributed by atoms with Crippen LogP contribution in [0.15, 0.2) is 31.0 Å². The molecular weight excluding hydrogens is 216 g/mol. The van der Waals surface area contributed by atoms with Gasteiger partial charge in [0.25, 0.3) is 0 Å². The molecule has 2 aromatic heterocycles. The molecule has 0 saturated carbocycles. The molecule has 0 aliphatic heterocycles. The van der Waals surface area contributed by atoms with Crippen LogP contribution < -0.4 is 5.73 Å². The second-order valence-corrected chi connectivity index (χ2v) is 4.04. The minimum atomic E-state index is -0.394. The van der Waals surface area contributed by atoms with Gasteiger partial charge >= 0.3 is 0 Å². The molecule has 2 rings (SSSR count). The van der Waals surface area contributed by atoms with Crippen molar-refractivity contribution in [2.75, 3.05) is 6.61 Å². The lowest BCUT2D eigenvalue weighted by Crippen LogP contribution is -2.19. The molecule has 17 heavy (non-hydrogen) atoms. The fourth-order valence-electron chi connectivity index (χ4n) is 1.71. The van der Waals surface area contributed by atoms with Crippen molar-refractivity contribution in [2.45, 2.75) is 19.5 Å². The molecule has 2 heterocycles. The smallest absolute Gasteiger partial charge is 0.0951 e. The van der Waals surface area contributed by atoms with Crippen LogP contribution in [0.25, 0.3) is 0 Å². The van der Waals surface area contributed by atoms with Gasteiger partial charge in [-0.05, 0) is 24.1 Å². The number of imidazole rings is 1. The number of aliphatic hydroxyl groups excluding tert-OH is 1. The zero-order chi connectivity index (χ0) is 12.3. The van der Waals surface area contributed by atoms with E-state index in [-0.39, 0.29) is 6.61 Å². The molecule has 0 radical (unpaired) electrons. The quantitative estimate of drug-likeness (QED) is 0.810. The van der Waals surface area contributed by atoms with E-state index in [0.717, 1.165) is 11.3 Å². The van der Waals surface area contributed by atoms with Gasteiger partial charge in [0, 0.05) is 18.6 Å². The van der Waals surface area contributed by atoms with Gasteiger partial charge in [0.15, 0.2) is 0 Å². The summed E-state index contributed by atoms with van der Waals surface area (Å²) < 4.78 is 1.94. The Bertz CT molecular complexity index is 495. The fraction of sp³-hybridized carbons (Fsp3) is 0.333. The Kier molecular flexibility index (Phi) is 3.51. The first-order valence-corrected chi connectivity index (χ1v) is 5.48. The lowest BCUT2D eigenvalue weighted by Gasteiger charge is -2.13. The van der Waals surface area contributed by atoms with E-state index in [4.69, 9.17) is 10.8 Å². The molecule has 0 amide bonds. The Hall–Kier alpha value is -1.72. The molecule has 0 aliphatic carbocycles. The average molecular weight is 232 g/mol. The van der Waals surface area contributed by atoms with Gasteiger partial charge < -0.3 is 15.4 Å². The number of aryl methyl sites for hydroxylation is 1. The summed E-state index contributed by atoms with van der Waals surface area (Å²) in [6.45, 7) is 2.63. The van der Waals surface area contributed by atoms with Crippen LogP contribution >= 0.6 is 0 Å². The van der Waals surface area contributed by atoms with Crippen LogP contribution in [0.5, 0.6) is 0 Å². The first kappa shape index (κ1) is 11.8. The van der Waals surface area contributed by atoms with E-state index in [0.29, 0.717) is 6.54 Å². The van der Waals surface area contributed by atoms with E-state index in [2.05, 4.69) is 9.97 Å². The lowest BCUT2D eigenvalue weighted by molar-refractivity contribution is 0.263. The van der Waals surface area contributed by atoms with Crippen LogP contribution in [-0.2, 0) is 6.54 Å². The predicted octanol–water partition coefficient (Wildman–Crippen LogP) is 0.627. The highest BCUT2D eigenvalue weighted by Crippen LogP contribution is 2.13. The molecule has 90 valence electrons. The summed E-state index contributed by atoms with van der Waals surface area (Å²) in [5.41, 5.74) is 8.93. The highest BCUT2D eigenvalue weighted by Gasteiger charge is 2.11. The van der Waals surface area contributed by atoms with E-state index in [1.807, 2.05) is 23.8 Å². The molecule has 0 spiro atoms. The second-order valence-electron chi connectivity index (χ2n) is 4.04. The monoisotopic (exact) mass is 232 g/mol. The van der Waals surface area contributed by atoms with Gasteiger partial charge in [0.1, 0.15) is 0 Å². The molecule has 1 atom stereocenters. The first-order chi connectivity index (χ1) is 8.22. The molecular formula is C12H16N4O. The maximum absolute atomic E-state index is 9.07. The van der Waals surface area contributed by atoms with Crippen LogP contribution in [0.3, 0.4) is 0 Å². The van der Waals surface area contributed by atoms with E-state index >= 15 is 0 Å². The summed E-state index contributed by atoms with van der Waals surface area (Å²) in [4.78, 5) is 8.17. The molecule has 0 saturated heterocycles. The van der Waals surface area contributed by atoms with Crippen molar-refractivity contribution < 1.29 is 5.11 Å². The van der Waals surface area contributed by atoms with Crippen molar-refractivity contribution >= 4 is 0 Å². The predicted molar refractivity (Wildman–Crippen MR) is 64.3 cm³/mol. The van der Waals surface area contributed by atoms with Gasteiger partial charge in [0.2, 0.25) is 0 Å². The number of nitrogens with zero attached hydrogens (tertiary/aromatic N) is 3. The summed E-state index contributed by atoms with van der Waals surface area (Å²) in [5.74, 6) is 0. The number of rotatable bonds is 4. The van der Waals surface area contributed by atoms with Crippen LogP contribution in [0, 0.1) is 6.92 Å². The lowest BCUT2D eigenvalue weighted by atomic mass is 10.1. The first-order valence-electron chi connectivity index (χ1n) is 5.48. The third kappa shape index (κ3) is 2.51. The normalized spacial score (nSPS) is 12.6. The number of hydrogen-bond acceptors (Lipinski definition) is 4. The van der Waals surface area contributed by atoms with E-state index < -0.39 is 6.04 Å². The molecule has 0 bridgehead atoms. The maximum atomic E-state index is 9.07. The maximum Gasteiger partial charge on any atom is 0.0951 e. The molecule has 5 heteroatoms. The Labute approximate surface area is 99.9 Å². The number of hydrogen-bond donors (Lipinski definition) is 2. The zero-order valence-corrected chi connectivity index (χ0v) is 9.74. The molecule has 3 N–H and O–H groups in total. The van der Waals surface area contributed by atoms with Crippen molar-refractivity contribution in [1.82, 2.24) is 14.5 Å². The molecule has 0 aliphatic rings. The Balaban J connectivity index is 2.25. The van der Waals surface area contributed by atoms with Crippen molar-refractivity contribution in [1.29, 1.82) is 0 Å². The van der Waals surface area contributed by atoms with Crippen molar-refractivity contribution in [3.8, 4) is 0 Å². The van der Waals surface area contributed by atoms with Gasteiger partial charge in [-0.25, -0.2) is 4.98 Å². The third-order valence-corrected chi connectivity index (χ3v) is 2.81. The van der Waals surface area contributed by atoms with Gasteiger partial charge in [-0.1, -0.05) is 0 Å². The number of aromatic nitrogens is 3. The number of pyridine rings is 1. The summed E-state index contributed by atoms with van der Waals surface area (Å²) in [5, 5.41) is 9.07. The van der Waals surface area contributed by atoms with Gasteiger partial charge in [-0.15, -0.1) is 0 Å². The number of nitrogens with two attached hydrogens (primary N) is 1. The van der Waals surface area contributed by atoms with Gasteiger partial charge in [-0.2, -0.15) is 0 Å². The highest BCUT2D eigenvalue weighted by atomic mass is 16.3. The Morgan fingerprint density at radius 1 is 1.41 bits per heavy atom. The SMILES string of the molecule is Cc1ccncc1Cn1cncc1C(N)CO.